The summed E-state index contributed by atoms with van der Waals surface area (Å²) in [4.78, 5) is 16.6. The fourth-order valence-electron chi connectivity index (χ4n) is 2.68. The number of anilines is 1. The molecular weight excluding hydrogens is 374 g/mol. The molecule has 0 spiro atoms. The third-order valence-corrected chi connectivity index (χ3v) is 4.97. The maximum absolute atomic E-state index is 12.1. The van der Waals surface area contributed by atoms with Crippen molar-refractivity contribution in [2.75, 3.05) is 32.2 Å². The van der Waals surface area contributed by atoms with Crippen LogP contribution in [-0.2, 0) is 9.53 Å². The lowest BCUT2D eigenvalue weighted by molar-refractivity contribution is -0.122. The van der Waals surface area contributed by atoms with E-state index in [1.807, 2.05) is 35.7 Å². The summed E-state index contributed by atoms with van der Waals surface area (Å²) in [6.07, 6.45) is 0. The van der Waals surface area contributed by atoms with E-state index in [4.69, 9.17) is 4.74 Å². The Morgan fingerprint density at radius 3 is 2.46 bits per heavy atom. The van der Waals surface area contributed by atoms with Gasteiger partial charge in [-0.3, -0.25) is 4.79 Å². The van der Waals surface area contributed by atoms with Gasteiger partial charge >= 0.3 is 0 Å². The molecule has 0 aliphatic heterocycles. The first-order valence-electron chi connectivity index (χ1n) is 8.96. The Morgan fingerprint density at radius 1 is 1.11 bits per heavy atom. The average molecular weight is 398 g/mol. The van der Waals surface area contributed by atoms with Gasteiger partial charge in [-0.2, -0.15) is 0 Å². The molecule has 2 aromatic carbocycles. The van der Waals surface area contributed by atoms with Gasteiger partial charge in [-0.25, -0.2) is 4.98 Å². The molecule has 1 amide bonds. The molecule has 3 rings (SSSR count). The minimum Gasteiger partial charge on any atom is -0.394 e. The molecule has 146 valence electrons. The second-order valence-electron chi connectivity index (χ2n) is 6.14. The molecule has 0 aliphatic rings. The van der Waals surface area contributed by atoms with Crippen LogP contribution in [0, 0.1) is 0 Å². The number of nitrogens with zero attached hydrogens (tertiary/aromatic N) is 1. The monoisotopic (exact) mass is 397 g/mol. The van der Waals surface area contributed by atoms with Crippen molar-refractivity contribution in [3.63, 3.8) is 0 Å². The Labute approximate surface area is 168 Å². The van der Waals surface area contributed by atoms with Crippen molar-refractivity contribution >= 4 is 22.4 Å². The number of aliphatic hydroxyl groups is 1. The van der Waals surface area contributed by atoms with Gasteiger partial charge in [0.2, 0.25) is 5.91 Å². The summed E-state index contributed by atoms with van der Waals surface area (Å²) in [5, 5.41) is 17.7. The van der Waals surface area contributed by atoms with E-state index in [2.05, 4.69) is 39.9 Å². The summed E-state index contributed by atoms with van der Waals surface area (Å²) in [5.74, 6) is -0.288. The summed E-state index contributed by atoms with van der Waals surface area (Å²) >= 11 is 1.40. The summed E-state index contributed by atoms with van der Waals surface area (Å²) in [6.45, 7) is 0.494. The van der Waals surface area contributed by atoms with Crippen LogP contribution >= 0.6 is 11.3 Å². The van der Waals surface area contributed by atoms with Crippen molar-refractivity contribution in [2.24, 2.45) is 0 Å². The zero-order valence-electron chi connectivity index (χ0n) is 15.6. The van der Waals surface area contributed by atoms with Crippen LogP contribution in [0.25, 0.3) is 22.4 Å². The normalized spacial score (nSPS) is 11.8. The third-order valence-electron chi connectivity index (χ3n) is 4.19. The van der Waals surface area contributed by atoms with E-state index >= 15 is 0 Å². The topological polar surface area (TPSA) is 83.5 Å². The Kier molecular flexibility index (Phi) is 7.13. The van der Waals surface area contributed by atoms with Crippen molar-refractivity contribution in [2.45, 2.75) is 6.04 Å². The number of ether oxygens (including phenoxy) is 1. The zero-order valence-corrected chi connectivity index (χ0v) is 16.4. The van der Waals surface area contributed by atoms with Crippen LogP contribution in [-0.4, -0.2) is 48.9 Å². The highest BCUT2D eigenvalue weighted by Crippen LogP contribution is 2.27. The molecule has 0 bridgehead atoms. The molecule has 0 radical (unpaired) electrons. The molecule has 28 heavy (non-hydrogen) atoms. The van der Waals surface area contributed by atoms with Gasteiger partial charge in [0.05, 0.1) is 18.9 Å². The number of benzene rings is 2. The second kappa shape index (κ2) is 9.98. The number of carbonyl (C=O) groups excluding carboxylic acids is 1. The van der Waals surface area contributed by atoms with Crippen LogP contribution < -0.4 is 10.6 Å². The standard InChI is InChI=1S/C21H23N3O3S/c1-27-12-11-22-20(26)18(13-25)23-21-24-19(14-28-21)17-9-7-16(8-10-17)15-5-3-2-4-6-15/h2-10,14,18,25H,11-13H2,1H3,(H,22,26)(H,23,24)/t18-/m0/s1. The van der Waals surface area contributed by atoms with Gasteiger partial charge < -0.3 is 20.5 Å². The van der Waals surface area contributed by atoms with Crippen LogP contribution in [0.1, 0.15) is 0 Å². The van der Waals surface area contributed by atoms with Crippen LogP contribution in [0.3, 0.4) is 0 Å². The maximum atomic E-state index is 12.1. The molecule has 0 fully saturated rings. The SMILES string of the molecule is COCCNC(=O)[C@H](CO)Nc1nc(-c2ccc(-c3ccccc3)cc2)cs1. The minimum absolute atomic E-state index is 0.288. The van der Waals surface area contributed by atoms with E-state index in [0.717, 1.165) is 16.8 Å². The lowest BCUT2D eigenvalue weighted by Crippen LogP contribution is -2.43. The number of thiazole rings is 1. The van der Waals surface area contributed by atoms with Crippen LogP contribution in [0.2, 0.25) is 0 Å². The van der Waals surface area contributed by atoms with Gasteiger partial charge in [0, 0.05) is 24.6 Å². The van der Waals surface area contributed by atoms with Gasteiger partial charge in [0.1, 0.15) is 6.04 Å². The highest BCUT2D eigenvalue weighted by Gasteiger charge is 2.18. The van der Waals surface area contributed by atoms with Gasteiger partial charge in [-0.1, -0.05) is 54.6 Å². The van der Waals surface area contributed by atoms with Gasteiger partial charge in [0.15, 0.2) is 5.13 Å². The number of methoxy groups -OCH3 is 1. The first-order valence-corrected chi connectivity index (χ1v) is 9.84. The van der Waals surface area contributed by atoms with Crippen LogP contribution in [0.5, 0.6) is 0 Å². The van der Waals surface area contributed by atoms with Gasteiger partial charge in [-0.05, 0) is 11.1 Å². The maximum Gasteiger partial charge on any atom is 0.245 e. The summed E-state index contributed by atoms with van der Waals surface area (Å²) in [5.41, 5.74) is 4.13. The molecule has 7 heteroatoms. The number of hydrogen-bond acceptors (Lipinski definition) is 6. The third kappa shape index (κ3) is 5.16. The average Bonchev–Trinajstić information content (AvgIpc) is 3.21. The number of aliphatic hydroxyl groups excluding tert-OH is 1. The highest BCUT2D eigenvalue weighted by atomic mass is 32.1. The molecule has 1 atom stereocenters. The fourth-order valence-corrected chi connectivity index (χ4v) is 3.45. The van der Waals surface area contributed by atoms with Crippen molar-refractivity contribution in [1.82, 2.24) is 10.3 Å². The smallest absolute Gasteiger partial charge is 0.245 e. The van der Waals surface area contributed by atoms with Crippen molar-refractivity contribution in [3.05, 3.63) is 60.0 Å². The molecule has 3 N–H and O–H groups in total. The van der Waals surface area contributed by atoms with E-state index in [1.165, 1.54) is 16.9 Å². The Bertz CT molecular complexity index is 881. The summed E-state index contributed by atoms with van der Waals surface area (Å²) < 4.78 is 4.90. The number of rotatable bonds is 9. The van der Waals surface area contributed by atoms with Crippen molar-refractivity contribution in [1.29, 1.82) is 0 Å². The fraction of sp³-hybridized carbons (Fsp3) is 0.238. The summed E-state index contributed by atoms with van der Waals surface area (Å²) in [6, 6.07) is 17.6. The number of hydrogen-bond donors (Lipinski definition) is 3. The predicted octanol–water partition coefficient (Wildman–Crippen LogP) is 3.01. The zero-order chi connectivity index (χ0) is 19.8. The molecular formula is C21H23N3O3S. The summed E-state index contributed by atoms with van der Waals surface area (Å²) in [7, 11) is 1.57. The van der Waals surface area contributed by atoms with E-state index in [9.17, 15) is 9.90 Å². The van der Waals surface area contributed by atoms with Crippen molar-refractivity contribution < 1.29 is 14.6 Å². The van der Waals surface area contributed by atoms with E-state index in [-0.39, 0.29) is 12.5 Å². The second-order valence-corrected chi connectivity index (χ2v) is 7.00. The predicted molar refractivity (Wildman–Crippen MR) is 112 cm³/mol. The lowest BCUT2D eigenvalue weighted by atomic mass is 10.0. The molecule has 1 aromatic heterocycles. The van der Waals surface area contributed by atoms with E-state index < -0.39 is 6.04 Å². The van der Waals surface area contributed by atoms with Crippen molar-refractivity contribution in [3.8, 4) is 22.4 Å². The Balaban J connectivity index is 1.65. The molecule has 0 saturated heterocycles. The number of nitrogens with one attached hydrogen (secondary N) is 2. The van der Waals surface area contributed by atoms with Crippen LogP contribution in [0.4, 0.5) is 5.13 Å². The van der Waals surface area contributed by atoms with Gasteiger partial charge in [-0.15, -0.1) is 11.3 Å². The van der Waals surface area contributed by atoms with E-state index in [1.54, 1.807) is 7.11 Å². The number of amides is 1. The Hall–Kier alpha value is -2.74. The molecule has 0 unspecified atom stereocenters. The molecule has 0 aliphatic carbocycles. The largest absolute Gasteiger partial charge is 0.394 e. The molecule has 3 aromatic rings. The quantitative estimate of drug-likeness (QED) is 0.484. The van der Waals surface area contributed by atoms with Gasteiger partial charge in [0.25, 0.3) is 0 Å². The molecule has 6 nitrogen and oxygen atoms in total. The first kappa shape index (κ1) is 20.0. The molecule has 1 heterocycles. The van der Waals surface area contributed by atoms with Crippen LogP contribution in [0.15, 0.2) is 60.0 Å². The minimum atomic E-state index is -0.753. The number of carbonyl (C=O) groups is 1. The first-order chi connectivity index (χ1) is 13.7. The number of aromatic nitrogens is 1. The molecule has 0 saturated carbocycles. The Morgan fingerprint density at radius 2 is 1.79 bits per heavy atom. The highest BCUT2D eigenvalue weighted by molar-refractivity contribution is 7.14. The van der Waals surface area contributed by atoms with E-state index in [0.29, 0.717) is 18.3 Å². The lowest BCUT2D eigenvalue weighted by Gasteiger charge is -2.15.